The molecule has 2 atom stereocenters. The first-order chi connectivity index (χ1) is 16.1. The molecule has 1 aromatic heterocycles. The van der Waals surface area contributed by atoms with Crippen LogP contribution in [-0.4, -0.2) is 66.8 Å². The Balaban J connectivity index is 1.47. The number of hydrogen-bond acceptors (Lipinski definition) is 6. The minimum atomic E-state index is -0.379. The van der Waals surface area contributed by atoms with Crippen LogP contribution in [0.2, 0.25) is 0 Å². The maximum Gasteiger partial charge on any atom is 0.237 e. The summed E-state index contributed by atoms with van der Waals surface area (Å²) >= 11 is 1.75. The number of methoxy groups -OCH3 is 1. The van der Waals surface area contributed by atoms with Gasteiger partial charge in [-0.25, -0.2) is 0 Å². The van der Waals surface area contributed by atoms with Gasteiger partial charge in [0, 0.05) is 24.5 Å². The lowest BCUT2D eigenvalue weighted by Gasteiger charge is -2.37. The van der Waals surface area contributed by atoms with Crippen molar-refractivity contribution >= 4 is 17.2 Å². The maximum absolute atomic E-state index is 13.6. The van der Waals surface area contributed by atoms with E-state index in [4.69, 9.17) is 9.47 Å². The van der Waals surface area contributed by atoms with Crippen LogP contribution < -0.4 is 9.47 Å². The zero-order valence-corrected chi connectivity index (χ0v) is 20.6. The van der Waals surface area contributed by atoms with Crippen LogP contribution in [0.3, 0.4) is 0 Å². The Morgan fingerprint density at radius 2 is 2.06 bits per heavy atom. The van der Waals surface area contributed by atoms with Gasteiger partial charge >= 0.3 is 0 Å². The van der Waals surface area contributed by atoms with Gasteiger partial charge in [-0.2, -0.15) is 0 Å². The van der Waals surface area contributed by atoms with Gasteiger partial charge in [0.2, 0.25) is 5.91 Å². The zero-order chi connectivity index (χ0) is 23.2. The number of ether oxygens (including phenoxy) is 2. The first-order valence-corrected chi connectivity index (χ1v) is 13.0. The van der Waals surface area contributed by atoms with Gasteiger partial charge < -0.3 is 19.5 Å². The number of fused-ring (bicyclic) bond motifs is 1. The predicted octanol–water partition coefficient (Wildman–Crippen LogP) is 4.13. The fourth-order valence-corrected chi connectivity index (χ4v) is 5.58. The minimum Gasteiger partial charge on any atom is -0.493 e. The van der Waals surface area contributed by atoms with Crippen molar-refractivity contribution in [1.82, 2.24) is 9.80 Å². The average molecular weight is 473 g/mol. The molecule has 2 heterocycles. The number of amides is 1. The van der Waals surface area contributed by atoms with E-state index in [0.717, 1.165) is 25.8 Å². The Labute approximate surface area is 201 Å². The monoisotopic (exact) mass is 472 g/mol. The van der Waals surface area contributed by atoms with Crippen LogP contribution in [0.1, 0.15) is 49.1 Å². The van der Waals surface area contributed by atoms with Gasteiger partial charge in [-0.3, -0.25) is 9.69 Å². The van der Waals surface area contributed by atoms with Crippen LogP contribution in [0.25, 0.3) is 0 Å². The van der Waals surface area contributed by atoms with Crippen LogP contribution >= 0.6 is 11.3 Å². The molecular formula is C26H36N2O4S. The lowest BCUT2D eigenvalue weighted by Crippen LogP contribution is -2.48. The molecule has 33 heavy (non-hydrogen) atoms. The summed E-state index contributed by atoms with van der Waals surface area (Å²) in [5, 5.41) is 12.5. The van der Waals surface area contributed by atoms with Crippen LogP contribution in [0.4, 0.5) is 0 Å². The number of aliphatic hydroxyl groups is 1. The van der Waals surface area contributed by atoms with E-state index in [9.17, 15) is 9.90 Å². The lowest BCUT2D eigenvalue weighted by molar-refractivity contribution is -0.136. The second-order valence-electron chi connectivity index (χ2n) is 9.19. The van der Waals surface area contributed by atoms with Crippen molar-refractivity contribution in [2.75, 3.05) is 39.9 Å². The Morgan fingerprint density at radius 1 is 1.27 bits per heavy atom. The highest BCUT2D eigenvalue weighted by molar-refractivity contribution is 7.10. The highest BCUT2D eigenvalue weighted by Gasteiger charge is 2.34. The first-order valence-electron chi connectivity index (χ1n) is 12.1. The van der Waals surface area contributed by atoms with Gasteiger partial charge in [-0.15, -0.1) is 11.3 Å². The van der Waals surface area contributed by atoms with Crippen molar-refractivity contribution in [2.24, 2.45) is 5.92 Å². The number of hydrogen-bond donors (Lipinski definition) is 1. The Kier molecular flexibility index (Phi) is 8.28. The molecule has 1 N–H and O–H groups in total. The number of rotatable bonds is 12. The third-order valence-electron chi connectivity index (χ3n) is 6.54. The summed E-state index contributed by atoms with van der Waals surface area (Å²) in [4.78, 5) is 19.0. The summed E-state index contributed by atoms with van der Waals surface area (Å²) in [6.07, 6.45) is 4.67. The van der Waals surface area contributed by atoms with Crippen molar-refractivity contribution in [1.29, 1.82) is 0 Å². The quantitative estimate of drug-likeness (QED) is 0.503. The molecule has 0 bridgehead atoms. The molecule has 0 saturated heterocycles. The summed E-state index contributed by atoms with van der Waals surface area (Å²) in [6, 6.07) is 9.63. The van der Waals surface area contributed by atoms with E-state index in [2.05, 4.69) is 23.3 Å². The molecule has 0 unspecified atom stereocenters. The van der Waals surface area contributed by atoms with Crippen LogP contribution in [0.5, 0.6) is 11.5 Å². The molecule has 2 aliphatic rings. The molecule has 7 heteroatoms. The maximum atomic E-state index is 13.6. The van der Waals surface area contributed by atoms with Crippen molar-refractivity contribution in [3.63, 3.8) is 0 Å². The van der Waals surface area contributed by atoms with Crippen molar-refractivity contribution in [3.05, 3.63) is 46.2 Å². The zero-order valence-electron chi connectivity index (χ0n) is 19.7. The number of carbonyl (C=O) groups excluding carboxylic acids is 1. The van der Waals surface area contributed by atoms with Crippen molar-refractivity contribution in [2.45, 2.75) is 51.2 Å². The van der Waals surface area contributed by atoms with E-state index < -0.39 is 0 Å². The molecule has 0 radical (unpaired) electrons. The number of benzene rings is 1. The number of aliphatic hydroxyl groups excluding tert-OH is 1. The number of carbonyl (C=O) groups is 1. The van der Waals surface area contributed by atoms with Gasteiger partial charge in [0.25, 0.3) is 0 Å². The van der Waals surface area contributed by atoms with Gasteiger partial charge in [0.15, 0.2) is 11.5 Å². The number of thiophene rings is 1. The lowest BCUT2D eigenvalue weighted by atomic mass is 10.0. The Hall–Kier alpha value is -2.09. The molecule has 1 amide bonds. The molecule has 4 rings (SSSR count). The topological polar surface area (TPSA) is 62.2 Å². The smallest absolute Gasteiger partial charge is 0.237 e. The standard InChI is InChI=1S/C26H36N2O4S/c1-3-6-20(29)16-27(15-19-9-10-19)17-26(30)28-13-11-25-21(12-14-33-25)22(28)18-32-24-8-5-4-7-23(24)31-2/h4-5,7-8,12,14,19-20,22,29H,3,6,9-11,13,15-18H2,1-2H3/t20-,22+/m0/s1. The Bertz CT molecular complexity index is 913. The van der Waals surface area contributed by atoms with E-state index in [1.54, 1.807) is 18.4 Å². The van der Waals surface area contributed by atoms with Gasteiger partial charge in [0.1, 0.15) is 6.61 Å². The second kappa shape index (κ2) is 11.4. The van der Waals surface area contributed by atoms with Crippen LogP contribution in [0.15, 0.2) is 35.7 Å². The van der Waals surface area contributed by atoms with E-state index >= 15 is 0 Å². The Morgan fingerprint density at radius 3 is 2.79 bits per heavy atom. The minimum absolute atomic E-state index is 0.116. The molecule has 180 valence electrons. The summed E-state index contributed by atoms with van der Waals surface area (Å²) in [5.41, 5.74) is 1.19. The normalized spacial score (nSPS) is 18.8. The second-order valence-corrected chi connectivity index (χ2v) is 10.2. The molecule has 1 saturated carbocycles. The number of nitrogens with zero attached hydrogens (tertiary/aromatic N) is 2. The average Bonchev–Trinajstić information content (AvgIpc) is 3.49. The first kappa shape index (κ1) is 24.0. The van der Waals surface area contributed by atoms with E-state index in [1.165, 1.54) is 23.3 Å². The van der Waals surface area contributed by atoms with Crippen LogP contribution in [-0.2, 0) is 11.2 Å². The van der Waals surface area contributed by atoms with Gasteiger partial charge in [-0.05, 0) is 60.7 Å². The molecule has 0 spiro atoms. The summed E-state index contributed by atoms with van der Waals surface area (Å²) in [5.74, 6) is 2.16. The van der Waals surface area contributed by atoms with Crippen LogP contribution in [0, 0.1) is 5.92 Å². The molecule has 1 fully saturated rings. The van der Waals surface area contributed by atoms with Crippen molar-refractivity contribution in [3.8, 4) is 11.5 Å². The largest absolute Gasteiger partial charge is 0.493 e. The van der Waals surface area contributed by atoms with E-state index in [1.807, 2.05) is 29.2 Å². The fourth-order valence-electron chi connectivity index (χ4n) is 4.66. The summed E-state index contributed by atoms with van der Waals surface area (Å²) in [6.45, 7) is 4.97. The van der Waals surface area contributed by atoms with E-state index in [-0.39, 0.29) is 18.1 Å². The highest BCUT2D eigenvalue weighted by atomic mass is 32.1. The molecule has 1 aromatic carbocycles. The SMILES string of the molecule is CCC[C@H](O)CN(CC(=O)N1CCc2sccc2[C@H]1COc1ccccc1OC)CC1CC1. The van der Waals surface area contributed by atoms with Gasteiger partial charge in [-0.1, -0.05) is 25.5 Å². The molecule has 2 aromatic rings. The molecule has 6 nitrogen and oxygen atoms in total. The molecular weight excluding hydrogens is 436 g/mol. The summed E-state index contributed by atoms with van der Waals surface area (Å²) in [7, 11) is 1.64. The van der Waals surface area contributed by atoms with Gasteiger partial charge in [0.05, 0.1) is 25.8 Å². The van der Waals surface area contributed by atoms with Crippen molar-refractivity contribution < 1.29 is 19.4 Å². The molecule has 1 aliphatic carbocycles. The summed E-state index contributed by atoms with van der Waals surface area (Å²) < 4.78 is 11.6. The fraction of sp³-hybridized carbons (Fsp3) is 0.577. The number of para-hydroxylation sites is 2. The molecule has 1 aliphatic heterocycles. The predicted molar refractivity (Wildman–Crippen MR) is 131 cm³/mol. The third-order valence-corrected chi connectivity index (χ3v) is 7.54. The third kappa shape index (κ3) is 6.28. The highest BCUT2D eigenvalue weighted by Crippen LogP contribution is 2.35. The van der Waals surface area contributed by atoms with E-state index in [0.29, 0.717) is 43.7 Å².